The number of nitrogens with one attached hydrogen (secondary N) is 1. The van der Waals surface area contributed by atoms with Crippen molar-refractivity contribution >= 4 is 46.3 Å². The van der Waals surface area contributed by atoms with Crippen LogP contribution in [0, 0.1) is 0 Å². The number of halogens is 1. The van der Waals surface area contributed by atoms with E-state index in [1.807, 2.05) is 78.2 Å². The molecule has 1 heterocycles. The fourth-order valence-corrected chi connectivity index (χ4v) is 4.78. The number of hydrogen-bond acceptors (Lipinski definition) is 4. The minimum atomic E-state index is -0.108. The number of thioether (sulfide) groups is 1. The molecule has 0 radical (unpaired) electrons. The van der Waals surface area contributed by atoms with Gasteiger partial charge in [0, 0.05) is 32.1 Å². The summed E-state index contributed by atoms with van der Waals surface area (Å²) in [5, 5.41) is 6.68. The van der Waals surface area contributed by atoms with Gasteiger partial charge >= 0.3 is 0 Å². The molecule has 0 bridgehead atoms. The van der Waals surface area contributed by atoms with E-state index in [-0.39, 0.29) is 5.91 Å². The van der Waals surface area contributed by atoms with Crippen LogP contribution in [0.25, 0.3) is 21.8 Å². The van der Waals surface area contributed by atoms with Gasteiger partial charge in [-0.15, -0.1) is 23.1 Å². The summed E-state index contributed by atoms with van der Waals surface area (Å²) in [4.78, 5) is 18.6. The summed E-state index contributed by atoms with van der Waals surface area (Å²) in [6.07, 6.45) is 0. The molecule has 4 rings (SSSR count). The number of aromatic nitrogens is 1. The van der Waals surface area contributed by atoms with E-state index in [1.165, 1.54) is 0 Å². The molecule has 0 atom stereocenters. The molecule has 30 heavy (non-hydrogen) atoms. The average Bonchev–Trinajstić information content (AvgIpc) is 3.25. The standard InChI is InChI=1S/C24H19ClN2OS2/c1-2-29-22-9-4-3-8-20(22)23(28)26-19-7-5-6-17(14-19)21-15-30-24(27-21)16-10-12-18(25)13-11-16/h3-15H,2H2,1H3,(H,26,28). The van der Waals surface area contributed by atoms with E-state index in [4.69, 9.17) is 16.6 Å². The molecule has 0 fully saturated rings. The highest BCUT2D eigenvalue weighted by atomic mass is 35.5. The maximum atomic E-state index is 12.8. The zero-order chi connectivity index (χ0) is 20.9. The second-order valence-corrected chi connectivity index (χ2v) is 9.11. The van der Waals surface area contributed by atoms with E-state index in [9.17, 15) is 4.79 Å². The lowest BCUT2D eigenvalue weighted by atomic mass is 10.1. The average molecular weight is 451 g/mol. The predicted octanol–water partition coefficient (Wildman–Crippen LogP) is 7.49. The van der Waals surface area contributed by atoms with Gasteiger partial charge in [0.05, 0.1) is 11.3 Å². The van der Waals surface area contributed by atoms with Crippen molar-refractivity contribution in [1.82, 2.24) is 4.98 Å². The van der Waals surface area contributed by atoms with E-state index in [0.717, 1.165) is 38.2 Å². The number of thiazole rings is 1. The monoisotopic (exact) mass is 450 g/mol. The second-order valence-electron chi connectivity index (χ2n) is 6.51. The number of anilines is 1. The normalized spacial score (nSPS) is 10.7. The zero-order valence-corrected chi connectivity index (χ0v) is 18.7. The van der Waals surface area contributed by atoms with E-state index < -0.39 is 0 Å². The third-order valence-electron chi connectivity index (χ3n) is 4.44. The van der Waals surface area contributed by atoms with Crippen LogP contribution in [0.3, 0.4) is 0 Å². The minimum Gasteiger partial charge on any atom is -0.322 e. The van der Waals surface area contributed by atoms with Crippen molar-refractivity contribution in [2.24, 2.45) is 0 Å². The van der Waals surface area contributed by atoms with Crippen molar-refractivity contribution in [3.05, 3.63) is 88.8 Å². The Hall–Kier alpha value is -2.60. The molecular weight excluding hydrogens is 432 g/mol. The maximum absolute atomic E-state index is 12.8. The molecule has 150 valence electrons. The summed E-state index contributed by atoms with van der Waals surface area (Å²) in [6, 6.07) is 23.1. The molecular formula is C24H19ClN2OS2. The lowest BCUT2D eigenvalue weighted by Gasteiger charge is -2.10. The lowest BCUT2D eigenvalue weighted by Crippen LogP contribution is -2.13. The van der Waals surface area contributed by atoms with Gasteiger partial charge in [-0.2, -0.15) is 0 Å². The lowest BCUT2D eigenvalue weighted by molar-refractivity contribution is 0.102. The molecule has 3 nitrogen and oxygen atoms in total. The Labute approximate surface area is 189 Å². The Bertz CT molecular complexity index is 1170. The van der Waals surface area contributed by atoms with Gasteiger partial charge in [0.25, 0.3) is 5.91 Å². The second kappa shape index (κ2) is 9.47. The van der Waals surface area contributed by atoms with Gasteiger partial charge in [-0.3, -0.25) is 4.79 Å². The van der Waals surface area contributed by atoms with Gasteiger partial charge in [-0.25, -0.2) is 4.98 Å². The fraction of sp³-hybridized carbons (Fsp3) is 0.0833. The number of nitrogens with zero attached hydrogens (tertiary/aromatic N) is 1. The highest BCUT2D eigenvalue weighted by molar-refractivity contribution is 7.99. The van der Waals surface area contributed by atoms with Crippen LogP contribution in [0.1, 0.15) is 17.3 Å². The van der Waals surface area contributed by atoms with Crippen molar-refractivity contribution in [3.63, 3.8) is 0 Å². The smallest absolute Gasteiger partial charge is 0.256 e. The van der Waals surface area contributed by atoms with Crippen molar-refractivity contribution in [1.29, 1.82) is 0 Å². The minimum absolute atomic E-state index is 0.108. The summed E-state index contributed by atoms with van der Waals surface area (Å²) in [5.74, 6) is 0.809. The van der Waals surface area contributed by atoms with Crippen molar-refractivity contribution in [3.8, 4) is 21.8 Å². The van der Waals surface area contributed by atoms with Crippen LogP contribution in [0.5, 0.6) is 0 Å². The molecule has 0 unspecified atom stereocenters. The third kappa shape index (κ3) is 4.75. The molecule has 1 N–H and O–H groups in total. The highest BCUT2D eigenvalue weighted by Crippen LogP contribution is 2.31. The Morgan fingerprint density at radius 2 is 1.83 bits per heavy atom. The van der Waals surface area contributed by atoms with Crippen LogP contribution in [0.2, 0.25) is 5.02 Å². The van der Waals surface area contributed by atoms with Crippen LogP contribution >= 0.6 is 34.7 Å². The molecule has 1 aromatic heterocycles. The largest absolute Gasteiger partial charge is 0.322 e. The maximum Gasteiger partial charge on any atom is 0.256 e. The van der Waals surface area contributed by atoms with Crippen LogP contribution in [0.15, 0.2) is 83.1 Å². The van der Waals surface area contributed by atoms with Crippen molar-refractivity contribution in [2.45, 2.75) is 11.8 Å². The number of benzene rings is 3. The van der Waals surface area contributed by atoms with E-state index in [0.29, 0.717) is 10.6 Å². The molecule has 0 spiro atoms. The third-order valence-corrected chi connectivity index (χ3v) is 6.54. The predicted molar refractivity (Wildman–Crippen MR) is 129 cm³/mol. The van der Waals surface area contributed by atoms with Gasteiger partial charge in [-0.05, 0) is 42.2 Å². The molecule has 1 amide bonds. The number of carbonyl (C=O) groups excluding carboxylic acids is 1. The first-order chi connectivity index (χ1) is 14.6. The molecule has 4 aromatic rings. The van der Waals surface area contributed by atoms with Crippen molar-refractivity contribution in [2.75, 3.05) is 11.1 Å². The Morgan fingerprint density at radius 1 is 1.03 bits per heavy atom. The molecule has 6 heteroatoms. The SMILES string of the molecule is CCSc1ccccc1C(=O)Nc1cccc(-c2csc(-c3ccc(Cl)cc3)n2)c1. The summed E-state index contributed by atoms with van der Waals surface area (Å²) < 4.78 is 0. The van der Waals surface area contributed by atoms with Gasteiger partial charge in [-0.1, -0.05) is 54.9 Å². The summed E-state index contributed by atoms with van der Waals surface area (Å²) in [7, 11) is 0. The number of rotatable bonds is 6. The number of hydrogen-bond donors (Lipinski definition) is 1. The van der Waals surface area contributed by atoms with E-state index >= 15 is 0 Å². The zero-order valence-electron chi connectivity index (χ0n) is 16.3. The van der Waals surface area contributed by atoms with E-state index in [1.54, 1.807) is 23.1 Å². The van der Waals surface area contributed by atoms with E-state index in [2.05, 4.69) is 12.2 Å². The van der Waals surface area contributed by atoms with Gasteiger partial charge in [0.1, 0.15) is 5.01 Å². The summed E-state index contributed by atoms with van der Waals surface area (Å²) in [6.45, 7) is 2.08. The van der Waals surface area contributed by atoms with Gasteiger partial charge < -0.3 is 5.32 Å². The molecule has 0 aliphatic heterocycles. The Balaban J connectivity index is 1.55. The molecule has 0 saturated heterocycles. The quantitative estimate of drug-likeness (QED) is 0.309. The fourth-order valence-electron chi connectivity index (χ4n) is 3.02. The number of amides is 1. The molecule has 0 saturated carbocycles. The van der Waals surface area contributed by atoms with Crippen molar-refractivity contribution < 1.29 is 4.79 Å². The first-order valence-corrected chi connectivity index (χ1v) is 11.7. The topological polar surface area (TPSA) is 42.0 Å². The highest BCUT2D eigenvalue weighted by Gasteiger charge is 2.12. The Morgan fingerprint density at radius 3 is 2.63 bits per heavy atom. The number of carbonyl (C=O) groups is 1. The van der Waals surface area contributed by atoms with Crippen LogP contribution in [-0.2, 0) is 0 Å². The van der Waals surface area contributed by atoms with Crippen LogP contribution in [0.4, 0.5) is 5.69 Å². The molecule has 3 aromatic carbocycles. The first kappa shape index (κ1) is 20.7. The molecule has 0 aliphatic rings. The first-order valence-electron chi connectivity index (χ1n) is 9.49. The molecule has 0 aliphatic carbocycles. The van der Waals surface area contributed by atoms with Gasteiger partial charge in [0.2, 0.25) is 0 Å². The van der Waals surface area contributed by atoms with Crippen LogP contribution in [-0.4, -0.2) is 16.6 Å². The summed E-state index contributed by atoms with van der Waals surface area (Å²) in [5.41, 5.74) is 4.30. The van der Waals surface area contributed by atoms with Gasteiger partial charge in [0.15, 0.2) is 0 Å². The van der Waals surface area contributed by atoms with Crippen LogP contribution < -0.4 is 5.32 Å². The summed E-state index contributed by atoms with van der Waals surface area (Å²) >= 11 is 9.23. The Kier molecular flexibility index (Phi) is 6.53.